The van der Waals surface area contributed by atoms with Crippen molar-refractivity contribution in [2.75, 3.05) is 20.2 Å². The summed E-state index contributed by atoms with van der Waals surface area (Å²) >= 11 is 0. The summed E-state index contributed by atoms with van der Waals surface area (Å²) in [6, 6.07) is 0.669. The van der Waals surface area contributed by atoms with E-state index in [-0.39, 0.29) is 0 Å². The van der Waals surface area contributed by atoms with Gasteiger partial charge in [0.15, 0.2) is 0 Å². The Kier molecular flexibility index (Phi) is 2.09. The van der Waals surface area contributed by atoms with Gasteiger partial charge < -0.3 is 10.0 Å². The van der Waals surface area contributed by atoms with Crippen LogP contribution in [-0.4, -0.2) is 36.2 Å². The molecule has 1 aliphatic rings. The van der Waals surface area contributed by atoms with Gasteiger partial charge in [-0.1, -0.05) is 0 Å². The minimum Gasteiger partial charge on any atom is -0.396 e. The maximum atomic E-state index is 8.77. The van der Waals surface area contributed by atoms with Crippen molar-refractivity contribution in [2.24, 2.45) is 5.92 Å². The highest BCUT2D eigenvalue weighted by molar-refractivity contribution is 4.78. The van der Waals surface area contributed by atoms with Crippen LogP contribution in [0.2, 0.25) is 0 Å². The quantitative estimate of drug-likeness (QED) is 0.551. The summed E-state index contributed by atoms with van der Waals surface area (Å²) in [5.41, 5.74) is 0. The summed E-state index contributed by atoms with van der Waals surface area (Å²) in [6.45, 7) is 3.63. The number of nitrogens with zero attached hydrogens (tertiary/aromatic N) is 1. The lowest BCUT2D eigenvalue weighted by Crippen LogP contribution is -2.21. The average molecular weight is 129 g/mol. The van der Waals surface area contributed by atoms with E-state index in [4.69, 9.17) is 5.11 Å². The van der Waals surface area contributed by atoms with E-state index in [0.29, 0.717) is 18.6 Å². The minimum absolute atomic E-state index is 0.356. The summed E-state index contributed by atoms with van der Waals surface area (Å²) in [4.78, 5) is 2.29. The zero-order chi connectivity index (χ0) is 6.85. The molecule has 1 rings (SSSR count). The molecule has 2 nitrogen and oxygen atoms in total. The molecule has 0 aromatic heterocycles. The second-order valence-electron chi connectivity index (χ2n) is 3.07. The van der Waals surface area contributed by atoms with Crippen LogP contribution in [0.25, 0.3) is 0 Å². The van der Waals surface area contributed by atoms with E-state index >= 15 is 0 Å². The highest BCUT2D eigenvalue weighted by Gasteiger charge is 2.24. The van der Waals surface area contributed by atoms with E-state index in [1.54, 1.807) is 0 Å². The second kappa shape index (κ2) is 2.67. The first-order chi connectivity index (χ1) is 4.24. The zero-order valence-corrected chi connectivity index (χ0v) is 6.17. The Morgan fingerprint density at radius 1 is 1.67 bits per heavy atom. The van der Waals surface area contributed by atoms with Gasteiger partial charge in [-0.15, -0.1) is 0 Å². The molecule has 54 valence electrons. The van der Waals surface area contributed by atoms with Gasteiger partial charge in [-0.05, 0) is 26.3 Å². The number of hydrogen-bond donors (Lipinski definition) is 1. The molecule has 2 atom stereocenters. The molecule has 9 heavy (non-hydrogen) atoms. The molecule has 0 unspecified atom stereocenters. The van der Waals surface area contributed by atoms with Crippen molar-refractivity contribution in [3.63, 3.8) is 0 Å². The molecular weight excluding hydrogens is 114 g/mol. The molecule has 1 N–H and O–H groups in total. The van der Waals surface area contributed by atoms with E-state index in [1.165, 1.54) is 0 Å². The smallest absolute Gasteiger partial charge is 0.0472 e. The first-order valence-corrected chi connectivity index (χ1v) is 3.55. The molecule has 1 fully saturated rings. The number of hydrogen-bond acceptors (Lipinski definition) is 2. The van der Waals surface area contributed by atoms with Crippen LogP contribution in [0, 0.1) is 5.92 Å². The van der Waals surface area contributed by atoms with Crippen molar-refractivity contribution < 1.29 is 5.11 Å². The first-order valence-electron chi connectivity index (χ1n) is 3.55. The summed E-state index contributed by atoms with van der Waals surface area (Å²) in [7, 11) is 2.11. The fourth-order valence-electron chi connectivity index (χ4n) is 1.46. The maximum absolute atomic E-state index is 8.77. The van der Waals surface area contributed by atoms with Crippen LogP contribution in [0.15, 0.2) is 0 Å². The fraction of sp³-hybridized carbons (Fsp3) is 1.00. The number of aliphatic hydroxyl groups is 1. The predicted molar refractivity (Wildman–Crippen MR) is 37.3 cm³/mol. The molecule has 1 saturated heterocycles. The highest BCUT2D eigenvalue weighted by Crippen LogP contribution is 2.19. The fourth-order valence-corrected chi connectivity index (χ4v) is 1.46. The normalized spacial score (nSPS) is 37.7. The van der Waals surface area contributed by atoms with E-state index in [0.717, 1.165) is 13.0 Å². The Morgan fingerprint density at radius 3 is 2.56 bits per heavy atom. The zero-order valence-electron chi connectivity index (χ0n) is 6.17. The summed E-state index contributed by atoms with van der Waals surface area (Å²) in [5.74, 6) is 0.532. The topological polar surface area (TPSA) is 23.5 Å². The van der Waals surface area contributed by atoms with Crippen molar-refractivity contribution in [2.45, 2.75) is 19.4 Å². The van der Waals surface area contributed by atoms with Gasteiger partial charge in [-0.25, -0.2) is 0 Å². The SMILES string of the molecule is C[C@@H]1C[C@H](CO)CN1C. The highest BCUT2D eigenvalue weighted by atomic mass is 16.3. The average Bonchev–Trinajstić information content (AvgIpc) is 2.13. The lowest BCUT2D eigenvalue weighted by Gasteiger charge is -2.12. The van der Waals surface area contributed by atoms with E-state index in [2.05, 4.69) is 18.9 Å². The Morgan fingerprint density at radius 2 is 2.33 bits per heavy atom. The molecule has 0 saturated carbocycles. The minimum atomic E-state index is 0.356. The van der Waals surface area contributed by atoms with Gasteiger partial charge in [-0.3, -0.25) is 0 Å². The molecule has 0 aromatic rings. The van der Waals surface area contributed by atoms with E-state index in [9.17, 15) is 0 Å². The third-order valence-corrected chi connectivity index (χ3v) is 2.23. The van der Waals surface area contributed by atoms with Crippen LogP contribution in [-0.2, 0) is 0 Å². The number of aliphatic hydroxyl groups excluding tert-OH is 1. The van der Waals surface area contributed by atoms with Crippen LogP contribution in [0.3, 0.4) is 0 Å². The Hall–Kier alpha value is -0.0800. The lowest BCUT2D eigenvalue weighted by atomic mass is 10.1. The summed E-state index contributed by atoms with van der Waals surface area (Å²) < 4.78 is 0. The molecule has 0 aromatic carbocycles. The second-order valence-corrected chi connectivity index (χ2v) is 3.07. The monoisotopic (exact) mass is 129 g/mol. The van der Waals surface area contributed by atoms with Gasteiger partial charge in [0.05, 0.1) is 0 Å². The molecular formula is C7H15NO. The summed E-state index contributed by atoms with van der Waals surface area (Å²) in [5, 5.41) is 8.77. The van der Waals surface area contributed by atoms with Gasteiger partial charge in [0.25, 0.3) is 0 Å². The van der Waals surface area contributed by atoms with Gasteiger partial charge in [0, 0.05) is 19.2 Å². The molecule has 1 heterocycles. The van der Waals surface area contributed by atoms with Crippen molar-refractivity contribution in [1.82, 2.24) is 4.90 Å². The maximum Gasteiger partial charge on any atom is 0.0472 e. The predicted octanol–water partition coefficient (Wildman–Crippen LogP) is 0.319. The van der Waals surface area contributed by atoms with Crippen LogP contribution >= 0.6 is 0 Å². The van der Waals surface area contributed by atoms with Gasteiger partial charge >= 0.3 is 0 Å². The Labute approximate surface area is 56.5 Å². The van der Waals surface area contributed by atoms with E-state index < -0.39 is 0 Å². The van der Waals surface area contributed by atoms with Crippen molar-refractivity contribution >= 4 is 0 Å². The Bertz CT molecular complexity index is 84.9. The van der Waals surface area contributed by atoms with E-state index in [1.807, 2.05) is 0 Å². The van der Waals surface area contributed by atoms with Crippen molar-refractivity contribution in [1.29, 1.82) is 0 Å². The van der Waals surface area contributed by atoms with Gasteiger partial charge in [0.2, 0.25) is 0 Å². The first kappa shape index (κ1) is 7.03. The standard InChI is InChI=1S/C7H15NO/c1-6-3-7(5-9)4-8(6)2/h6-7,9H,3-5H2,1-2H3/t6-,7+/m1/s1. The third kappa shape index (κ3) is 1.43. The van der Waals surface area contributed by atoms with Crippen LogP contribution in [0.4, 0.5) is 0 Å². The van der Waals surface area contributed by atoms with Gasteiger partial charge in [0.1, 0.15) is 0 Å². The number of likely N-dealkylation sites (tertiary alicyclic amines) is 1. The van der Waals surface area contributed by atoms with Crippen molar-refractivity contribution in [3.8, 4) is 0 Å². The molecule has 0 radical (unpaired) electrons. The largest absolute Gasteiger partial charge is 0.396 e. The molecule has 2 heteroatoms. The lowest BCUT2D eigenvalue weighted by molar-refractivity contribution is 0.227. The molecule has 1 aliphatic heterocycles. The summed E-state index contributed by atoms with van der Waals surface area (Å²) in [6.07, 6.45) is 1.16. The van der Waals surface area contributed by atoms with Crippen LogP contribution in [0.1, 0.15) is 13.3 Å². The molecule has 0 amide bonds. The number of rotatable bonds is 1. The van der Waals surface area contributed by atoms with Gasteiger partial charge in [-0.2, -0.15) is 0 Å². The third-order valence-electron chi connectivity index (χ3n) is 2.23. The Balaban J connectivity index is 2.35. The molecule has 0 aliphatic carbocycles. The van der Waals surface area contributed by atoms with Crippen LogP contribution < -0.4 is 0 Å². The molecule has 0 bridgehead atoms. The van der Waals surface area contributed by atoms with Crippen molar-refractivity contribution in [3.05, 3.63) is 0 Å². The molecule has 0 spiro atoms. The van der Waals surface area contributed by atoms with Crippen LogP contribution in [0.5, 0.6) is 0 Å².